The summed E-state index contributed by atoms with van der Waals surface area (Å²) < 4.78 is 13.0. The Balaban J connectivity index is 3.09. The van der Waals surface area contributed by atoms with Gasteiger partial charge in [0.2, 0.25) is 0 Å². The van der Waals surface area contributed by atoms with Gasteiger partial charge < -0.3 is 0 Å². The molecular weight excluding hydrogens is 158 g/mol. The Hall–Kier alpha value is -1.52. The fourth-order valence-corrected chi connectivity index (χ4v) is 1.25. The Morgan fingerprint density at radius 3 is 2.75 bits per heavy atom. The number of aromatic amines is 2. The molecule has 0 atom stereocenters. The largest absolute Gasteiger partial charge is 0.298 e. The Labute approximate surface area is 68.0 Å². The third kappa shape index (κ3) is 0.793. The van der Waals surface area contributed by atoms with Crippen molar-refractivity contribution < 1.29 is 4.39 Å². The molecule has 60 valence electrons. The molecule has 0 aliphatic heterocycles. The topological polar surface area (TPSA) is 48.6 Å². The summed E-state index contributed by atoms with van der Waals surface area (Å²) in [7, 11) is 1.81. The van der Waals surface area contributed by atoms with Crippen molar-refractivity contribution >= 4 is 24.2 Å². The van der Waals surface area contributed by atoms with Crippen molar-refractivity contribution in [1.82, 2.24) is 10.2 Å². The van der Waals surface area contributed by atoms with Gasteiger partial charge in [0.25, 0.3) is 5.56 Å². The van der Waals surface area contributed by atoms with E-state index in [-0.39, 0.29) is 5.39 Å². The molecule has 0 amide bonds. The van der Waals surface area contributed by atoms with Crippen molar-refractivity contribution in [3.63, 3.8) is 0 Å². The lowest BCUT2D eigenvalue weighted by Crippen LogP contribution is -2.06. The average molecular weight is 164 g/mol. The summed E-state index contributed by atoms with van der Waals surface area (Å²) >= 11 is 0. The first-order valence-electron chi connectivity index (χ1n) is 3.55. The lowest BCUT2D eigenvalue weighted by molar-refractivity contribution is 0.639. The molecule has 0 aliphatic carbocycles. The van der Waals surface area contributed by atoms with Crippen molar-refractivity contribution in [2.45, 2.75) is 0 Å². The third-order valence-corrected chi connectivity index (χ3v) is 1.89. The monoisotopic (exact) mass is 164 g/mol. The van der Waals surface area contributed by atoms with Crippen LogP contribution in [0.2, 0.25) is 0 Å². The Morgan fingerprint density at radius 2 is 2.08 bits per heavy atom. The number of hydrogen-bond acceptors (Lipinski definition) is 1. The minimum absolute atomic E-state index is 0.106. The van der Waals surface area contributed by atoms with Crippen LogP contribution in [0.5, 0.6) is 0 Å². The van der Waals surface area contributed by atoms with Gasteiger partial charge in [-0.05, 0) is 6.07 Å². The van der Waals surface area contributed by atoms with E-state index in [9.17, 15) is 9.18 Å². The second-order valence-corrected chi connectivity index (χ2v) is 2.69. The van der Waals surface area contributed by atoms with E-state index in [4.69, 9.17) is 0 Å². The lowest BCUT2D eigenvalue weighted by atomic mass is 9.94. The number of H-pyrrole nitrogens is 2. The normalized spacial score (nSPS) is 10.8. The van der Waals surface area contributed by atoms with Crippen LogP contribution >= 0.6 is 0 Å². The molecule has 0 spiro atoms. The Kier molecular flexibility index (Phi) is 1.33. The molecule has 0 bridgehead atoms. The molecule has 2 aromatic rings. The second-order valence-electron chi connectivity index (χ2n) is 2.69. The molecule has 12 heavy (non-hydrogen) atoms. The zero-order valence-corrected chi connectivity index (χ0v) is 6.44. The first-order valence-corrected chi connectivity index (χ1v) is 3.55. The van der Waals surface area contributed by atoms with Crippen LogP contribution in [-0.4, -0.2) is 18.0 Å². The van der Waals surface area contributed by atoms with Crippen LogP contribution in [0.15, 0.2) is 16.9 Å². The van der Waals surface area contributed by atoms with Crippen molar-refractivity contribution in [3.8, 4) is 0 Å². The predicted molar refractivity (Wildman–Crippen MR) is 47.1 cm³/mol. The number of hydrogen-bond donors (Lipinski definition) is 2. The third-order valence-electron chi connectivity index (χ3n) is 1.89. The number of nitrogens with one attached hydrogen (secondary N) is 2. The molecule has 1 aromatic carbocycles. The fraction of sp³-hybridized carbons (Fsp3) is 0. The summed E-state index contributed by atoms with van der Waals surface area (Å²) in [6, 6.07) is 2.92. The van der Waals surface area contributed by atoms with Gasteiger partial charge in [-0.2, -0.15) is 0 Å². The van der Waals surface area contributed by atoms with E-state index in [0.717, 1.165) is 5.46 Å². The van der Waals surface area contributed by atoms with Crippen LogP contribution < -0.4 is 11.0 Å². The summed E-state index contributed by atoms with van der Waals surface area (Å²) in [5, 5.41) is 5.06. The minimum Gasteiger partial charge on any atom is -0.298 e. The summed E-state index contributed by atoms with van der Waals surface area (Å²) in [6.45, 7) is 0. The average Bonchev–Trinajstić information content (AvgIpc) is 2.42. The molecule has 0 saturated heterocycles. The van der Waals surface area contributed by atoms with E-state index < -0.39 is 11.4 Å². The zero-order chi connectivity index (χ0) is 8.72. The molecule has 0 saturated carbocycles. The molecule has 3 nitrogen and oxygen atoms in total. The number of aromatic nitrogens is 2. The Bertz CT molecular complexity index is 488. The number of rotatable bonds is 0. The molecule has 0 fully saturated rings. The van der Waals surface area contributed by atoms with Crippen molar-refractivity contribution in [3.05, 3.63) is 28.3 Å². The summed E-state index contributed by atoms with van der Waals surface area (Å²) in [4.78, 5) is 11.0. The standard InChI is InChI=1S/C7H6BFN2O/c8-3-1-2-4(9)5-6(3)10-11-7(5)12/h1-2H,8H2,(H2,10,11,12). The molecule has 5 heteroatoms. The van der Waals surface area contributed by atoms with Crippen molar-refractivity contribution in [2.24, 2.45) is 0 Å². The lowest BCUT2D eigenvalue weighted by Gasteiger charge is -1.93. The quantitative estimate of drug-likeness (QED) is 0.494. The van der Waals surface area contributed by atoms with Crippen LogP contribution in [0.4, 0.5) is 4.39 Å². The molecule has 0 aliphatic rings. The smallest absolute Gasteiger partial charge is 0.274 e. The first kappa shape index (κ1) is 7.15. The summed E-state index contributed by atoms with van der Waals surface area (Å²) in [6.07, 6.45) is 0. The van der Waals surface area contributed by atoms with Crippen LogP contribution in [0.1, 0.15) is 0 Å². The highest BCUT2D eigenvalue weighted by Crippen LogP contribution is 2.07. The highest BCUT2D eigenvalue weighted by Gasteiger charge is 2.07. The molecule has 1 heterocycles. The molecule has 0 radical (unpaired) electrons. The fourth-order valence-electron chi connectivity index (χ4n) is 1.25. The van der Waals surface area contributed by atoms with Crippen LogP contribution in [0, 0.1) is 5.82 Å². The van der Waals surface area contributed by atoms with Gasteiger partial charge in [0.1, 0.15) is 19.0 Å². The van der Waals surface area contributed by atoms with Crippen LogP contribution in [0.3, 0.4) is 0 Å². The summed E-state index contributed by atoms with van der Waals surface area (Å²) in [5.41, 5.74) is 0.982. The Morgan fingerprint density at radius 1 is 1.33 bits per heavy atom. The minimum atomic E-state index is -0.488. The van der Waals surface area contributed by atoms with Crippen molar-refractivity contribution in [2.75, 3.05) is 0 Å². The second kappa shape index (κ2) is 2.23. The predicted octanol–water partition coefficient (Wildman–Crippen LogP) is -0.746. The van der Waals surface area contributed by atoms with Gasteiger partial charge in [0.15, 0.2) is 0 Å². The van der Waals surface area contributed by atoms with E-state index >= 15 is 0 Å². The van der Waals surface area contributed by atoms with E-state index in [1.165, 1.54) is 6.07 Å². The van der Waals surface area contributed by atoms with E-state index in [2.05, 4.69) is 10.2 Å². The van der Waals surface area contributed by atoms with Gasteiger partial charge >= 0.3 is 0 Å². The molecular formula is C7H6BFN2O. The van der Waals surface area contributed by atoms with Crippen LogP contribution in [0.25, 0.3) is 10.9 Å². The maximum atomic E-state index is 13.0. The highest BCUT2D eigenvalue weighted by atomic mass is 19.1. The van der Waals surface area contributed by atoms with Crippen molar-refractivity contribution in [1.29, 1.82) is 0 Å². The van der Waals surface area contributed by atoms with E-state index in [0.29, 0.717) is 5.52 Å². The van der Waals surface area contributed by atoms with Gasteiger partial charge in [0.05, 0.1) is 5.52 Å². The number of fused-ring (bicyclic) bond motifs is 1. The van der Waals surface area contributed by atoms with E-state index in [1.54, 1.807) is 6.07 Å². The van der Waals surface area contributed by atoms with Gasteiger partial charge in [-0.15, -0.1) is 0 Å². The van der Waals surface area contributed by atoms with Gasteiger partial charge in [-0.25, -0.2) is 4.39 Å². The maximum absolute atomic E-state index is 13.0. The van der Waals surface area contributed by atoms with Gasteiger partial charge in [-0.1, -0.05) is 11.5 Å². The number of benzene rings is 1. The highest BCUT2D eigenvalue weighted by molar-refractivity contribution is 6.38. The summed E-state index contributed by atoms with van der Waals surface area (Å²) in [5.74, 6) is -0.488. The maximum Gasteiger partial charge on any atom is 0.274 e. The molecule has 2 rings (SSSR count). The van der Waals surface area contributed by atoms with Gasteiger partial charge in [0, 0.05) is 0 Å². The van der Waals surface area contributed by atoms with Gasteiger partial charge in [-0.3, -0.25) is 15.0 Å². The SMILES string of the molecule is Bc1ccc(F)c2c(=O)[nH][nH]c12. The number of halogens is 1. The van der Waals surface area contributed by atoms with Crippen LogP contribution in [-0.2, 0) is 0 Å². The molecule has 1 aromatic heterocycles. The first-order chi connectivity index (χ1) is 5.70. The molecule has 2 N–H and O–H groups in total. The molecule has 0 unspecified atom stereocenters. The zero-order valence-electron chi connectivity index (χ0n) is 6.44. The van der Waals surface area contributed by atoms with E-state index in [1.807, 2.05) is 7.85 Å².